The fourth-order valence-corrected chi connectivity index (χ4v) is 5.62. The summed E-state index contributed by atoms with van der Waals surface area (Å²) in [6.07, 6.45) is 0. The van der Waals surface area contributed by atoms with E-state index < -0.39 is 6.04 Å². The van der Waals surface area contributed by atoms with Crippen molar-refractivity contribution in [3.63, 3.8) is 0 Å². The van der Waals surface area contributed by atoms with Gasteiger partial charge in [-0.05, 0) is 61.7 Å². The summed E-state index contributed by atoms with van der Waals surface area (Å²) in [4.78, 5) is 18.5. The highest BCUT2D eigenvalue weighted by Crippen LogP contribution is 2.38. The van der Waals surface area contributed by atoms with E-state index in [1.807, 2.05) is 87.5 Å². The third-order valence-corrected chi connectivity index (χ3v) is 7.69. The maximum atomic E-state index is 13.8. The molecule has 4 aromatic rings. The van der Waals surface area contributed by atoms with Crippen molar-refractivity contribution < 1.29 is 9.53 Å². The molecule has 3 aromatic carbocycles. The summed E-state index contributed by atoms with van der Waals surface area (Å²) in [7, 11) is 1.63. The molecule has 38 heavy (non-hydrogen) atoms. The number of fused-ring (bicyclic) bond motifs is 1. The Morgan fingerprint density at radius 1 is 1.11 bits per heavy atom. The monoisotopic (exact) mass is 545 g/mol. The molecule has 1 aliphatic rings. The number of hydrogen-bond donors (Lipinski definition) is 2. The topological polar surface area (TPSA) is 81.1 Å². The maximum Gasteiger partial charge on any atom is 0.255 e. The van der Waals surface area contributed by atoms with Crippen molar-refractivity contribution >= 4 is 40.9 Å². The van der Waals surface area contributed by atoms with Crippen LogP contribution >= 0.6 is 23.4 Å². The van der Waals surface area contributed by atoms with Crippen molar-refractivity contribution in [2.24, 2.45) is 0 Å². The maximum absolute atomic E-state index is 13.8. The lowest BCUT2D eigenvalue weighted by Gasteiger charge is -2.29. The van der Waals surface area contributed by atoms with E-state index in [1.165, 1.54) is 11.8 Å². The van der Waals surface area contributed by atoms with Gasteiger partial charge in [0, 0.05) is 22.2 Å². The number of nitrogens with zero attached hydrogens (tertiary/aromatic N) is 3. The number of carbonyl (C=O) groups is 1. The number of halogens is 1. The van der Waals surface area contributed by atoms with E-state index in [2.05, 4.69) is 10.6 Å². The predicted octanol–water partition coefficient (Wildman–Crippen LogP) is 6.78. The highest BCUT2D eigenvalue weighted by atomic mass is 35.5. The molecule has 1 atom stereocenters. The molecule has 0 saturated heterocycles. The SMILES string of the molecule is COc1cccc(C2C(C(=O)Nc3ccc(C)cc3C)=C(C)Nc3nc(SCc4ccccc4Cl)nn32)c1. The van der Waals surface area contributed by atoms with Gasteiger partial charge >= 0.3 is 0 Å². The third-order valence-electron chi connectivity index (χ3n) is 6.43. The zero-order valence-electron chi connectivity index (χ0n) is 21.6. The van der Waals surface area contributed by atoms with Gasteiger partial charge in [-0.1, -0.05) is 71.4 Å². The lowest BCUT2D eigenvalue weighted by atomic mass is 9.94. The largest absolute Gasteiger partial charge is 0.497 e. The molecule has 0 saturated carbocycles. The van der Waals surface area contributed by atoms with Gasteiger partial charge in [-0.15, -0.1) is 5.10 Å². The fourth-order valence-electron chi connectivity index (χ4n) is 4.51. The van der Waals surface area contributed by atoms with E-state index in [0.29, 0.717) is 38.9 Å². The molecule has 1 amide bonds. The van der Waals surface area contributed by atoms with Gasteiger partial charge < -0.3 is 15.4 Å². The van der Waals surface area contributed by atoms with E-state index in [-0.39, 0.29) is 5.91 Å². The quantitative estimate of drug-likeness (QED) is 0.249. The number of rotatable bonds is 7. The summed E-state index contributed by atoms with van der Waals surface area (Å²) in [6.45, 7) is 5.90. The van der Waals surface area contributed by atoms with Crippen LogP contribution in [0.4, 0.5) is 11.6 Å². The van der Waals surface area contributed by atoms with Crippen LogP contribution in [0.25, 0.3) is 0 Å². The zero-order valence-corrected chi connectivity index (χ0v) is 23.2. The molecule has 1 aromatic heterocycles. The molecular formula is C29H28ClN5O2S. The van der Waals surface area contributed by atoms with Crippen LogP contribution in [0.2, 0.25) is 5.02 Å². The molecule has 194 valence electrons. The number of thioether (sulfide) groups is 1. The van der Waals surface area contributed by atoms with Gasteiger partial charge in [0.05, 0.1) is 12.7 Å². The van der Waals surface area contributed by atoms with E-state index in [0.717, 1.165) is 27.9 Å². The van der Waals surface area contributed by atoms with Gasteiger partial charge in [-0.25, -0.2) is 4.68 Å². The molecule has 2 heterocycles. The highest BCUT2D eigenvalue weighted by Gasteiger charge is 2.34. The number of nitrogens with one attached hydrogen (secondary N) is 2. The second kappa shape index (κ2) is 10.9. The molecule has 0 fully saturated rings. The number of hydrogen-bond acceptors (Lipinski definition) is 6. The fraction of sp³-hybridized carbons (Fsp3) is 0.207. The number of methoxy groups -OCH3 is 1. The lowest BCUT2D eigenvalue weighted by molar-refractivity contribution is -0.113. The molecule has 1 unspecified atom stereocenters. The van der Waals surface area contributed by atoms with Crippen LogP contribution in [0.1, 0.15) is 35.2 Å². The Kier molecular flexibility index (Phi) is 7.44. The molecule has 7 nitrogen and oxygen atoms in total. The number of carbonyl (C=O) groups excluding carboxylic acids is 1. The van der Waals surface area contributed by atoms with Crippen LogP contribution in [0.3, 0.4) is 0 Å². The summed E-state index contributed by atoms with van der Waals surface area (Å²) < 4.78 is 7.26. The second-order valence-electron chi connectivity index (χ2n) is 9.16. The molecule has 1 aliphatic heterocycles. The van der Waals surface area contributed by atoms with E-state index >= 15 is 0 Å². The average Bonchev–Trinajstić information content (AvgIpc) is 3.31. The van der Waals surface area contributed by atoms with Crippen LogP contribution in [0, 0.1) is 13.8 Å². The molecular weight excluding hydrogens is 518 g/mol. The van der Waals surface area contributed by atoms with E-state index in [4.69, 9.17) is 26.4 Å². The summed E-state index contributed by atoms with van der Waals surface area (Å²) in [6, 6.07) is 20.9. The van der Waals surface area contributed by atoms with Gasteiger partial charge in [-0.2, -0.15) is 4.98 Å². The minimum atomic E-state index is -0.505. The summed E-state index contributed by atoms with van der Waals surface area (Å²) in [5.41, 5.74) is 6.04. The molecule has 0 aliphatic carbocycles. The van der Waals surface area contributed by atoms with Crippen LogP contribution in [0.15, 0.2) is 83.2 Å². The summed E-state index contributed by atoms with van der Waals surface area (Å²) >= 11 is 7.84. The molecule has 5 rings (SSSR count). The van der Waals surface area contributed by atoms with Crippen molar-refractivity contribution in [2.45, 2.75) is 37.7 Å². The first kappa shape index (κ1) is 25.9. The standard InChI is InChI=1S/C29H28ClN5O2S/c1-17-12-13-24(18(2)14-17)32-27(36)25-19(3)31-28-33-29(38-16-21-8-5-6-11-23(21)30)34-35(28)26(25)20-9-7-10-22(15-20)37-4/h5-15,26H,16H2,1-4H3,(H,32,36)(H,31,33,34). The number of anilines is 2. The average molecular weight is 546 g/mol. The Labute approximate surface area is 231 Å². The van der Waals surface area contributed by atoms with Gasteiger partial charge in [0.1, 0.15) is 11.8 Å². The Morgan fingerprint density at radius 3 is 2.68 bits per heavy atom. The first-order valence-electron chi connectivity index (χ1n) is 12.2. The number of aromatic nitrogens is 3. The van der Waals surface area contributed by atoms with Crippen molar-refractivity contribution in [3.05, 3.63) is 105 Å². The first-order valence-corrected chi connectivity index (χ1v) is 13.5. The minimum absolute atomic E-state index is 0.207. The second-order valence-corrected chi connectivity index (χ2v) is 10.5. The summed E-state index contributed by atoms with van der Waals surface area (Å²) in [5.74, 6) is 1.68. The molecule has 9 heteroatoms. The van der Waals surface area contributed by atoms with Crippen molar-refractivity contribution in [2.75, 3.05) is 17.7 Å². The number of ether oxygens (including phenoxy) is 1. The zero-order chi connectivity index (χ0) is 26.8. The van der Waals surface area contributed by atoms with Gasteiger partial charge in [-0.3, -0.25) is 4.79 Å². The van der Waals surface area contributed by atoms with Crippen molar-refractivity contribution in [3.8, 4) is 5.75 Å². The first-order chi connectivity index (χ1) is 18.3. The van der Waals surface area contributed by atoms with Crippen molar-refractivity contribution in [1.29, 1.82) is 0 Å². The Bertz CT molecular complexity index is 1550. The van der Waals surface area contributed by atoms with Crippen LogP contribution < -0.4 is 15.4 Å². The normalized spacial score (nSPS) is 14.6. The van der Waals surface area contributed by atoms with E-state index in [9.17, 15) is 4.79 Å². The van der Waals surface area contributed by atoms with Crippen LogP contribution in [-0.4, -0.2) is 27.8 Å². The smallest absolute Gasteiger partial charge is 0.255 e. The number of aryl methyl sites for hydroxylation is 2. The molecule has 0 radical (unpaired) electrons. The predicted molar refractivity (Wildman–Crippen MR) is 153 cm³/mol. The Hall–Kier alpha value is -3.75. The molecule has 0 bridgehead atoms. The Morgan fingerprint density at radius 2 is 1.92 bits per heavy atom. The van der Waals surface area contributed by atoms with Crippen molar-refractivity contribution in [1.82, 2.24) is 14.8 Å². The van der Waals surface area contributed by atoms with Crippen LogP contribution in [-0.2, 0) is 10.5 Å². The molecule has 2 N–H and O–H groups in total. The Balaban J connectivity index is 1.51. The highest BCUT2D eigenvalue weighted by molar-refractivity contribution is 7.98. The lowest BCUT2D eigenvalue weighted by Crippen LogP contribution is -2.31. The van der Waals surface area contributed by atoms with Gasteiger partial charge in [0.15, 0.2) is 0 Å². The van der Waals surface area contributed by atoms with Gasteiger partial charge in [0.25, 0.3) is 5.91 Å². The number of allylic oxidation sites excluding steroid dienone is 1. The van der Waals surface area contributed by atoms with Crippen LogP contribution in [0.5, 0.6) is 5.75 Å². The third kappa shape index (κ3) is 5.28. The van der Waals surface area contributed by atoms with E-state index in [1.54, 1.807) is 11.8 Å². The molecule has 0 spiro atoms. The summed E-state index contributed by atoms with van der Waals surface area (Å²) in [5, 5.41) is 12.5. The van der Waals surface area contributed by atoms with Gasteiger partial charge in [0.2, 0.25) is 11.1 Å². The number of amides is 1. The minimum Gasteiger partial charge on any atom is -0.497 e. The number of benzene rings is 3.